The second-order valence-corrected chi connectivity index (χ2v) is 5.44. The molecule has 0 radical (unpaired) electrons. The summed E-state index contributed by atoms with van der Waals surface area (Å²) in [5, 5.41) is 13.0. The molecule has 1 aromatic carbocycles. The van der Waals surface area contributed by atoms with E-state index in [4.69, 9.17) is 4.74 Å². The molecule has 0 unspecified atom stereocenters. The zero-order valence-electron chi connectivity index (χ0n) is 12.7. The molecule has 0 aliphatic carbocycles. The van der Waals surface area contributed by atoms with Gasteiger partial charge in [0.15, 0.2) is 11.5 Å². The highest BCUT2D eigenvalue weighted by Gasteiger charge is 2.36. The van der Waals surface area contributed by atoms with Crippen LogP contribution in [0.5, 0.6) is 11.5 Å². The van der Waals surface area contributed by atoms with Crippen LogP contribution in [-0.4, -0.2) is 48.3 Å². The Hall–Kier alpha value is -1.80. The first-order chi connectivity index (χ1) is 10.8. The molecule has 23 heavy (non-hydrogen) atoms. The molecule has 1 aliphatic rings. The first kappa shape index (κ1) is 17.6. The van der Waals surface area contributed by atoms with Crippen LogP contribution < -0.4 is 10.1 Å². The van der Waals surface area contributed by atoms with Crippen molar-refractivity contribution in [3.05, 3.63) is 23.8 Å². The van der Waals surface area contributed by atoms with Gasteiger partial charge < -0.3 is 15.2 Å². The van der Waals surface area contributed by atoms with E-state index in [1.165, 1.54) is 25.1 Å². The molecule has 0 saturated carbocycles. The van der Waals surface area contributed by atoms with Gasteiger partial charge in [0.25, 0.3) is 0 Å². The van der Waals surface area contributed by atoms with Gasteiger partial charge in [-0.15, -0.1) is 0 Å². The normalized spacial score (nSPS) is 17.7. The average molecular weight is 332 g/mol. The molecule has 0 amide bonds. The summed E-state index contributed by atoms with van der Waals surface area (Å²) in [6.07, 6.45) is -5.32. The zero-order chi connectivity index (χ0) is 17.0. The van der Waals surface area contributed by atoms with Crippen molar-refractivity contribution in [2.24, 2.45) is 0 Å². The quantitative estimate of drug-likeness (QED) is 0.654. The number of ether oxygens (including phenoxy) is 1. The van der Waals surface area contributed by atoms with Gasteiger partial charge >= 0.3 is 12.1 Å². The van der Waals surface area contributed by atoms with Crippen LogP contribution in [0.4, 0.5) is 13.2 Å². The zero-order valence-corrected chi connectivity index (χ0v) is 12.7. The molecule has 0 bridgehead atoms. The molecular weight excluding hydrogens is 313 g/mol. The molecule has 1 atom stereocenters. The number of hydrogen-bond acceptors (Lipinski definition) is 5. The van der Waals surface area contributed by atoms with Crippen LogP contribution in [0.2, 0.25) is 0 Å². The fourth-order valence-electron chi connectivity index (χ4n) is 2.65. The molecule has 0 aromatic heterocycles. The molecule has 5 nitrogen and oxygen atoms in total. The van der Waals surface area contributed by atoms with Crippen LogP contribution in [0.3, 0.4) is 0 Å². The molecule has 2 rings (SSSR count). The number of halogens is 3. The van der Waals surface area contributed by atoms with Crippen LogP contribution in [0.15, 0.2) is 18.2 Å². The Balaban J connectivity index is 2.27. The maximum Gasteiger partial charge on any atom is 0.390 e. The van der Waals surface area contributed by atoms with Crippen LogP contribution in [0, 0.1) is 0 Å². The van der Waals surface area contributed by atoms with E-state index in [2.05, 4.69) is 5.32 Å². The summed E-state index contributed by atoms with van der Waals surface area (Å²) in [6, 6.07) is 3.12. The molecule has 2 N–H and O–H groups in total. The Bertz CT molecular complexity index is 557. The highest BCUT2D eigenvalue weighted by Crippen LogP contribution is 2.37. The van der Waals surface area contributed by atoms with E-state index in [-0.39, 0.29) is 11.5 Å². The van der Waals surface area contributed by atoms with E-state index in [1.54, 1.807) is 4.90 Å². The Morgan fingerprint density at radius 1 is 1.39 bits per heavy atom. The van der Waals surface area contributed by atoms with Crippen molar-refractivity contribution in [3.63, 3.8) is 0 Å². The number of piperazine rings is 1. The Labute approximate surface area is 132 Å². The maximum atomic E-state index is 12.9. The van der Waals surface area contributed by atoms with E-state index in [1.807, 2.05) is 0 Å². The lowest BCUT2D eigenvalue weighted by molar-refractivity contribution is -0.148. The van der Waals surface area contributed by atoms with Crippen LogP contribution >= 0.6 is 0 Å². The Morgan fingerprint density at radius 3 is 2.57 bits per heavy atom. The van der Waals surface area contributed by atoms with Gasteiger partial charge in [-0.05, 0) is 17.7 Å². The number of alkyl halides is 3. The smallest absolute Gasteiger partial charge is 0.390 e. The van der Waals surface area contributed by atoms with E-state index < -0.39 is 24.6 Å². The Morgan fingerprint density at radius 2 is 2.04 bits per heavy atom. The summed E-state index contributed by atoms with van der Waals surface area (Å²) in [5.41, 5.74) is 0.345. The molecule has 0 spiro atoms. The summed E-state index contributed by atoms with van der Waals surface area (Å²) < 4.78 is 43.6. The fourth-order valence-corrected chi connectivity index (χ4v) is 2.65. The Kier molecular flexibility index (Phi) is 5.48. The maximum absolute atomic E-state index is 12.9. The number of nitrogens with one attached hydrogen (secondary N) is 1. The van der Waals surface area contributed by atoms with Crippen molar-refractivity contribution in [1.82, 2.24) is 10.2 Å². The van der Waals surface area contributed by atoms with Gasteiger partial charge in [-0.2, -0.15) is 13.2 Å². The first-order valence-electron chi connectivity index (χ1n) is 7.29. The molecule has 1 fully saturated rings. The topological polar surface area (TPSA) is 61.8 Å². The predicted molar refractivity (Wildman–Crippen MR) is 77.3 cm³/mol. The van der Waals surface area contributed by atoms with Gasteiger partial charge in [0.1, 0.15) is 0 Å². The molecular formula is C15H19F3N2O3. The third-order valence-electron chi connectivity index (χ3n) is 3.64. The summed E-state index contributed by atoms with van der Waals surface area (Å²) in [7, 11) is 0. The largest absolute Gasteiger partial charge is 0.504 e. The third-order valence-corrected chi connectivity index (χ3v) is 3.64. The number of carbonyl (C=O) groups is 1. The van der Waals surface area contributed by atoms with Crippen molar-refractivity contribution in [3.8, 4) is 11.5 Å². The number of esters is 1. The number of phenolic OH excluding ortho intramolecular Hbond substituents is 1. The monoisotopic (exact) mass is 332 g/mol. The highest BCUT2D eigenvalue weighted by molar-refractivity contribution is 5.70. The SMILES string of the molecule is CC(=O)Oc1ccc([C@@H](CC(F)(F)F)N2CCNCC2)cc1O. The van der Waals surface area contributed by atoms with Gasteiger partial charge in [-0.25, -0.2) is 0 Å². The van der Waals surface area contributed by atoms with Gasteiger partial charge in [0.05, 0.1) is 6.42 Å². The minimum atomic E-state index is -4.32. The van der Waals surface area contributed by atoms with E-state index in [0.29, 0.717) is 31.7 Å². The standard InChI is InChI=1S/C15H19F3N2O3/c1-10(21)23-14-3-2-11(8-13(14)22)12(9-15(16,17)18)20-6-4-19-5-7-20/h2-3,8,12,19,22H,4-7,9H2,1H3/t12-/m1/s1. The van der Waals surface area contributed by atoms with Crippen molar-refractivity contribution in [2.75, 3.05) is 26.2 Å². The van der Waals surface area contributed by atoms with Crippen molar-refractivity contribution < 1.29 is 27.8 Å². The van der Waals surface area contributed by atoms with E-state index in [9.17, 15) is 23.1 Å². The first-order valence-corrected chi connectivity index (χ1v) is 7.29. The molecule has 1 aromatic rings. The molecule has 128 valence electrons. The number of aromatic hydroxyl groups is 1. The number of rotatable bonds is 4. The van der Waals surface area contributed by atoms with E-state index in [0.717, 1.165) is 0 Å². The second-order valence-electron chi connectivity index (χ2n) is 5.44. The van der Waals surface area contributed by atoms with Gasteiger partial charge in [-0.3, -0.25) is 9.69 Å². The molecule has 8 heteroatoms. The number of benzene rings is 1. The third kappa shape index (κ3) is 5.11. The van der Waals surface area contributed by atoms with Crippen LogP contribution in [0.1, 0.15) is 24.9 Å². The molecule has 1 aliphatic heterocycles. The average Bonchev–Trinajstić information content (AvgIpc) is 2.46. The lowest BCUT2D eigenvalue weighted by atomic mass is 10.00. The number of phenols is 1. The van der Waals surface area contributed by atoms with Gasteiger partial charge in [-0.1, -0.05) is 6.07 Å². The minimum Gasteiger partial charge on any atom is -0.504 e. The molecule has 1 heterocycles. The van der Waals surface area contributed by atoms with Crippen LogP contribution in [-0.2, 0) is 4.79 Å². The highest BCUT2D eigenvalue weighted by atomic mass is 19.4. The van der Waals surface area contributed by atoms with Gasteiger partial charge in [0, 0.05) is 39.1 Å². The summed E-state index contributed by atoms with van der Waals surface area (Å²) in [5.74, 6) is -1.02. The number of carbonyl (C=O) groups excluding carboxylic acids is 1. The summed E-state index contributed by atoms with van der Waals surface area (Å²) in [4.78, 5) is 12.7. The number of nitrogens with zero attached hydrogens (tertiary/aromatic N) is 1. The van der Waals surface area contributed by atoms with Crippen LogP contribution in [0.25, 0.3) is 0 Å². The van der Waals surface area contributed by atoms with Crippen molar-refractivity contribution >= 4 is 5.97 Å². The summed E-state index contributed by atoms with van der Waals surface area (Å²) in [6.45, 7) is 3.40. The second kappa shape index (κ2) is 7.18. The minimum absolute atomic E-state index is 0.0627. The van der Waals surface area contributed by atoms with Crippen molar-refractivity contribution in [2.45, 2.75) is 25.6 Å². The lowest BCUT2D eigenvalue weighted by Crippen LogP contribution is -2.46. The lowest BCUT2D eigenvalue weighted by Gasteiger charge is -2.35. The fraction of sp³-hybridized carbons (Fsp3) is 0.533. The summed E-state index contributed by atoms with van der Waals surface area (Å²) >= 11 is 0. The van der Waals surface area contributed by atoms with Crippen molar-refractivity contribution in [1.29, 1.82) is 0 Å². The van der Waals surface area contributed by atoms with E-state index >= 15 is 0 Å². The molecule has 1 saturated heterocycles. The van der Waals surface area contributed by atoms with Gasteiger partial charge in [0.2, 0.25) is 0 Å². The number of hydrogen-bond donors (Lipinski definition) is 2. The predicted octanol–water partition coefficient (Wildman–Crippen LogP) is 2.22.